The van der Waals surface area contributed by atoms with E-state index in [4.69, 9.17) is 5.73 Å². The predicted molar refractivity (Wildman–Crippen MR) is 107 cm³/mol. The Kier molecular flexibility index (Phi) is 6.23. The van der Waals surface area contributed by atoms with Crippen molar-refractivity contribution < 1.29 is 4.79 Å². The SMILES string of the molecule is N#Cc1c(CCCNC(=O)CCc2ccsc2)nn(-c2ccccc2)c1N. The summed E-state index contributed by atoms with van der Waals surface area (Å²) in [5.41, 5.74) is 9.17. The topological polar surface area (TPSA) is 96.7 Å². The van der Waals surface area contributed by atoms with Gasteiger partial charge in [-0.25, -0.2) is 4.68 Å². The Morgan fingerprint density at radius 1 is 1.26 bits per heavy atom. The Morgan fingerprint density at radius 2 is 2.07 bits per heavy atom. The van der Waals surface area contributed by atoms with E-state index in [-0.39, 0.29) is 5.91 Å². The van der Waals surface area contributed by atoms with Crippen LogP contribution in [-0.2, 0) is 17.6 Å². The van der Waals surface area contributed by atoms with Gasteiger partial charge in [-0.05, 0) is 53.8 Å². The summed E-state index contributed by atoms with van der Waals surface area (Å²) in [6.45, 7) is 0.547. The zero-order chi connectivity index (χ0) is 19.1. The first-order valence-electron chi connectivity index (χ1n) is 8.79. The van der Waals surface area contributed by atoms with Gasteiger partial charge in [0, 0.05) is 13.0 Å². The third-order valence-electron chi connectivity index (χ3n) is 4.24. The van der Waals surface area contributed by atoms with Crippen LogP contribution in [0.1, 0.15) is 29.7 Å². The van der Waals surface area contributed by atoms with Gasteiger partial charge in [0.15, 0.2) is 0 Å². The van der Waals surface area contributed by atoms with E-state index in [9.17, 15) is 10.1 Å². The molecule has 138 valence electrons. The van der Waals surface area contributed by atoms with Gasteiger partial charge in [0.25, 0.3) is 0 Å². The van der Waals surface area contributed by atoms with Gasteiger partial charge >= 0.3 is 0 Å². The molecule has 0 bridgehead atoms. The third-order valence-corrected chi connectivity index (χ3v) is 4.97. The van der Waals surface area contributed by atoms with Crippen molar-refractivity contribution in [3.8, 4) is 11.8 Å². The van der Waals surface area contributed by atoms with Crippen LogP contribution in [0.25, 0.3) is 5.69 Å². The first-order chi connectivity index (χ1) is 13.2. The number of benzene rings is 1. The van der Waals surface area contributed by atoms with Crippen LogP contribution in [0.2, 0.25) is 0 Å². The van der Waals surface area contributed by atoms with Crippen LogP contribution in [0, 0.1) is 11.3 Å². The Morgan fingerprint density at radius 3 is 2.78 bits per heavy atom. The quantitative estimate of drug-likeness (QED) is 0.588. The third kappa shape index (κ3) is 4.74. The number of anilines is 1. The molecule has 0 aliphatic rings. The van der Waals surface area contributed by atoms with E-state index in [0.29, 0.717) is 42.9 Å². The molecule has 7 heteroatoms. The zero-order valence-electron chi connectivity index (χ0n) is 14.9. The van der Waals surface area contributed by atoms with Crippen LogP contribution in [0.15, 0.2) is 47.2 Å². The molecule has 3 N–H and O–H groups in total. The second-order valence-electron chi connectivity index (χ2n) is 6.15. The average Bonchev–Trinajstić information content (AvgIpc) is 3.32. The first-order valence-corrected chi connectivity index (χ1v) is 9.74. The lowest BCUT2D eigenvalue weighted by molar-refractivity contribution is -0.121. The number of hydrogen-bond donors (Lipinski definition) is 2. The minimum Gasteiger partial charge on any atom is -0.382 e. The maximum Gasteiger partial charge on any atom is 0.220 e. The highest BCUT2D eigenvalue weighted by Gasteiger charge is 2.16. The second kappa shape index (κ2) is 9.01. The van der Waals surface area contributed by atoms with Crippen molar-refractivity contribution >= 4 is 23.1 Å². The number of aryl methyl sites for hydroxylation is 2. The molecule has 0 fully saturated rings. The molecule has 3 aromatic rings. The van der Waals surface area contributed by atoms with Gasteiger partial charge in [-0.2, -0.15) is 21.7 Å². The molecule has 0 saturated heterocycles. The molecule has 0 spiro atoms. The van der Waals surface area contributed by atoms with Gasteiger partial charge in [0.2, 0.25) is 5.91 Å². The van der Waals surface area contributed by atoms with Gasteiger partial charge in [0.05, 0.1) is 11.4 Å². The van der Waals surface area contributed by atoms with Crippen molar-refractivity contribution in [3.05, 3.63) is 64.0 Å². The Labute approximate surface area is 162 Å². The first kappa shape index (κ1) is 18.7. The molecule has 0 aliphatic heterocycles. The Hall–Kier alpha value is -3.11. The number of nitriles is 1. The summed E-state index contributed by atoms with van der Waals surface area (Å²) in [4.78, 5) is 11.9. The van der Waals surface area contributed by atoms with Gasteiger partial charge in [0.1, 0.15) is 17.5 Å². The molecular formula is C20H21N5OS. The number of para-hydroxylation sites is 1. The Balaban J connectivity index is 1.52. The van der Waals surface area contributed by atoms with E-state index in [1.54, 1.807) is 16.0 Å². The maximum atomic E-state index is 11.9. The van der Waals surface area contributed by atoms with Crippen LogP contribution in [0.3, 0.4) is 0 Å². The number of carbonyl (C=O) groups excluding carboxylic acids is 1. The van der Waals surface area contributed by atoms with Crippen molar-refractivity contribution in [2.75, 3.05) is 12.3 Å². The molecular weight excluding hydrogens is 358 g/mol. The fourth-order valence-electron chi connectivity index (χ4n) is 2.81. The lowest BCUT2D eigenvalue weighted by Crippen LogP contribution is -2.25. The molecule has 0 aliphatic carbocycles. The lowest BCUT2D eigenvalue weighted by Gasteiger charge is -2.04. The van der Waals surface area contributed by atoms with Gasteiger partial charge in [-0.15, -0.1) is 0 Å². The summed E-state index contributed by atoms with van der Waals surface area (Å²) in [5.74, 6) is 0.384. The fourth-order valence-corrected chi connectivity index (χ4v) is 3.51. The van der Waals surface area contributed by atoms with Crippen molar-refractivity contribution in [1.29, 1.82) is 5.26 Å². The summed E-state index contributed by atoms with van der Waals surface area (Å²) >= 11 is 1.64. The number of aromatic nitrogens is 2. The van der Waals surface area contributed by atoms with E-state index in [2.05, 4.69) is 21.9 Å². The number of carbonyl (C=O) groups is 1. The van der Waals surface area contributed by atoms with Gasteiger partial charge in [-0.1, -0.05) is 18.2 Å². The molecule has 27 heavy (non-hydrogen) atoms. The standard InChI is InChI=1S/C20H21N5OS/c21-13-17-18(24-25(20(17)22)16-5-2-1-3-6-16)7-4-11-23-19(26)9-8-15-10-12-27-14-15/h1-3,5-6,10,12,14H,4,7-9,11,22H2,(H,23,26). The molecule has 0 radical (unpaired) electrons. The summed E-state index contributed by atoms with van der Waals surface area (Å²) in [5, 5.41) is 20.9. The molecule has 0 saturated carbocycles. The number of nitrogen functional groups attached to an aromatic ring is 1. The van der Waals surface area contributed by atoms with Crippen molar-refractivity contribution in [2.45, 2.75) is 25.7 Å². The number of amides is 1. The molecule has 3 rings (SSSR count). The minimum atomic E-state index is 0.0380. The van der Waals surface area contributed by atoms with Crippen molar-refractivity contribution in [3.63, 3.8) is 0 Å². The molecule has 2 aromatic heterocycles. The Bertz CT molecular complexity index is 925. The van der Waals surface area contributed by atoms with Crippen LogP contribution >= 0.6 is 11.3 Å². The summed E-state index contributed by atoms with van der Waals surface area (Å²) in [7, 11) is 0. The summed E-state index contributed by atoms with van der Waals surface area (Å²) in [6.07, 6.45) is 2.52. The number of nitrogens with two attached hydrogens (primary N) is 1. The van der Waals surface area contributed by atoms with Crippen LogP contribution in [0.5, 0.6) is 0 Å². The smallest absolute Gasteiger partial charge is 0.220 e. The lowest BCUT2D eigenvalue weighted by atomic mass is 10.1. The second-order valence-corrected chi connectivity index (χ2v) is 6.93. The van der Waals surface area contributed by atoms with Crippen LogP contribution < -0.4 is 11.1 Å². The normalized spacial score (nSPS) is 10.5. The number of nitrogens with zero attached hydrogens (tertiary/aromatic N) is 3. The highest BCUT2D eigenvalue weighted by atomic mass is 32.1. The van der Waals surface area contributed by atoms with E-state index >= 15 is 0 Å². The molecule has 2 heterocycles. The molecule has 0 unspecified atom stereocenters. The minimum absolute atomic E-state index is 0.0380. The van der Waals surface area contributed by atoms with Crippen molar-refractivity contribution in [2.24, 2.45) is 0 Å². The van der Waals surface area contributed by atoms with E-state index in [1.807, 2.05) is 41.8 Å². The molecule has 6 nitrogen and oxygen atoms in total. The highest BCUT2D eigenvalue weighted by Crippen LogP contribution is 2.21. The summed E-state index contributed by atoms with van der Waals surface area (Å²) < 4.78 is 1.59. The maximum absolute atomic E-state index is 11.9. The van der Waals surface area contributed by atoms with Gasteiger partial charge < -0.3 is 11.1 Å². The summed E-state index contributed by atoms with van der Waals surface area (Å²) in [6, 6.07) is 13.7. The average molecular weight is 379 g/mol. The number of thiophene rings is 1. The number of nitrogens with one attached hydrogen (secondary N) is 1. The molecule has 1 aromatic carbocycles. The largest absolute Gasteiger partial charge is 0.382 e. The van der Waals surface area contributed by atoms with E-state index < -0.39 is 0 Å². The molecule has 1 amide bonds. The predicted octanol–water partition coefficient (Wildman–Crippen LogP) is 3.07. The van der Waals surface area contributed by atoms with Crippen LogP contribution in [0.4, 0.5) is 5.82 Å². The van der Waals surface area contributed by atoms with Crippen LogP contribution in [-0.4, -0.2) is 22.2 Å². The number of rotatable bonds is 8. The number of hydrogen-bond acceptors (Lipinski definition) is 5. The van der Waals surface area contributed by atoms with Gasteiger partial charge in [-0.3, -0.25) is 4.79 Å². The monoisotopic (exact) mass is 379 g/mol. The fraction of sp³-hybridized carbons (Fsp3) is 0.250. The van der Waals surface area contributed by atoms with Crippen molar-refractivity contribution in [1.82, 2.24) is 15.1 Å². The van der Waals surface area contributed by atoms with E-state index in [0.717, 1.165) is 12.1 Å². The van der Waals surface area contributed by atoms with E-state index in [1.165, 1.54) is 5.56 Å². The highest BCUT2D eigenvalue weighted by molar-refractivity contribution is 7.07. The molecule has 0 atom stereocenters. The zero-order valence-corrected chi connectivity index (χ0v) is 15.7.